The van der Waals surface area contributed by atoms with Gasteiger partial charge in [0.1, 0.15) is 4.21 Å². The summed E-state index contributed by atoms with van der Waals surface area (Å²) in [6.45, 7) is 11.5. The van der Waals surface area contributed by atoms with Crippen molar-refractivity contribution in [1.82, 2.24) is 9.62 Å². The van der Waals surface area contributed by atoms with Crippen molar-refractivity contribution in [3.05, 3.63) is 15.4 Å². The number of hydrogen-bond donors (Lipinski definition) is 1. The highest BCUT2D eigenvalue weighted by atomic mass is 79.9. The summed E-state index contributed by atoms with van der Waals surface area (Å²) in [5, 5.41) is 0. The van der Waals surface area contributed by atoms with Gasteiger partial charge in [-0.1, -0.05) is 0 Å². The fourth-order valence-electron chi connectivity index (χ4n) is 2.06. The Kier molecular flexibility index (Phi) is 6.66. The average Bonchev–Trinajstić information content (AvgIpc) is 2.65. The number of aryl methyl sites for hydroxylation is 1. The van der Waals surface area contributed by atoms with E-state index >= 15 is 0 Å². The van der Waals surface area contributed by atoms with Crippen LogP contribution in [0.15, 0.2) is 14.1 Å². The van der Waals surface area contributed by atoms with Gasteiger partial charge < -0.3 is 0 Å². The fraction of sp³-hybridized carbons (Fsp3) is 0.692. The van der Waals surface area contributed by atoms with Crippen LogP contribution in [0.5, 0.6) is 0 Å². The molecule has 1 rings (SSSR count). The number of halogens is 1. The van der Waals surface area contributed by atoms with Gasteiger partial charge in [-0.2, -0.15) is 0 Å². The normalized spacial score (nSPS) is 12.8. The monoisotopic (exact) mass is 382 g/mol. The number of thiophene rings is 1. The topological polar surface area (TPSA) is 49.4 Å². The molecule has 0 radical (unpaired) electrons. The first-order valence-electron chi connectivity index (χ1n) is 6.66. The largest absolute Gasteiger partial charge is 0.297 e. The Hall–Kier alpha value is 0.0500. The lowest BCUT2D eigenvalue weighted by Gasteiger charge is -2.30. The zero-order valence-corrected chi connectivity index (χ0v) is 15.8. The van der Waals surface area contributed by atoms with Crippen molar-refractivity contribution in [1.29, 1.82) is 0 Å². The molecule has 0 bridgehead atoms. The highest BCUT2D eigenvalue weighted by Crippen LogP contribution is 2.30. The van der Waals surface area contributed by atoms with Gasteiger partial charge in [-0.05, 0) is 62.2 Å². The molecule has 20 heavy (non-hydrogen) atoms. The van der Waals surface area contributed by atoms with Crippen LogP contribution in [0.25, 0.3) is 0 Å². The summed E-state index contributed by atoms with van der Waals surface area (Å²) in [5.74, 6) is 0. The third-order valence-corrected chi connectivity index (χ3v) is 7.16. The number of hydrogen-bond acceptors (Lipinski definition) is 4. The first-order valence-corrected chi connectivity index (χ1v) is 9.75. The zero-order chi connectivity index (χ0) is 15.5. The summed E-state index contributed by atoms with van der Waals surface area (Å²) >= 11 is 4.60. The third kappa shape index (κ3) is 4.80. The summed E-state index contributed by atoms with van der Waals surface area (Å²) in [4.78, 5) is 2.26. The SMILES string of the molecule is Cc1cc(S(=O)(=O)NCCN(C(C)C)C(C)C)sc1Br. The van der Waals surface area contributed by atoms with E-state index in [9.17, 15) is 8.42 Å². The maximum atomic E-state index is 12.2. The molecule has 0 aromatic carbocycles. The Labute approximate surface area is 134 Å². The molecule has 4 nitrogen and oxygen atoms in total. The van der Waals surface area contributed by atoms with Gasteiger partial charge in [0.2, 0.25) is 10.0 Å². The standard InChI is InChI=1S/C13H23BrN2O2S2/c1-9(2)16(10(3)4)7-6-15-20(17,18)12-8-11(5)13(14)19-12/h8-10,15H,6-7H2,1-5H3. The average molecular weight is 383 g/mol. The van der Waals surface area contributed by atoms with E-state index in [2.05, 4.69) is 53.2 Å². The fourth-order valence-corrected chi connectivity index (χ4v) is 5.35. The molecule has 1 aromatic rings. The number of sulfonamides is 1. The molecule has 0 saturated heterocycles. The molecule has 0 unspecified atom stereocenters. The van der Waals surface area contributed by atoms with Crippen molar-refractivity contribution in [3.63, 3.8) is 0 Å². The van der Waals surface area contributed by atoms with E-state index in [0.717, 1.165) is 9.35 Å². The highest BCUT2D eigenvalue weighted by Gasteiger charge is 2.19. The summed E-state index contributed by atoms with van der Waals surface area (Å²) in [6.07, 6.45) is 0. The second-order valence-corrected chi connectivity index (χ2v) is 9.71. The van der Waals surface area contributed by atoms with E-state index in [-0.39, 0.29) is 0 Å². The van der Waals surface area contributed by atoms with E-state index in [4.69, 9.17) is 0 Å². The number of rotatable bonds is 7. The minimum Gasteiger partial charge on any atom is -0.297 e. The maximum Gasteiger partial charge on any atom is 0.250 e. The number of nitrogens with one attached hydrogen (secondary N) is 1. The van der Waals surface area contributed by atoms with Gasteiger partial charge in [0.25, 0.3) is 0 Å². The lowest BCUT2D eigenvalue weighted by atomic mass is 10.2. The number of nitrogens with zero attached hydrogens (tertiary/aromatic N) is 1. The minimum absolute atomic E-state index is 0.363. The van der Waals surface area contributed by atoms with Crippen LogP contribution in [-0.4, -0.2) is 38.5 Å². The van der Waals surface area contributed by atoms with Crippen molar-refractivity contribution in [2.24, 2.45) is 0 Å². The molecule has 0 saturated carbocycles. The van der Waals surface area contributed by atoms with Crippen LogP contribution in [0.4, 0.5) is 0 Å². The van der Waals surface area contributed by atoms with Gasteiger partial charge in [0, 0.05) is 25.2 Å². The Balaban J connectivity index is 2.64. The molecule has 0 fully saturated rings. The third-order valence-electron chi connectivity index (χ3n) is 3.09. The minimum atomic E-state index is -3.40. The molecule has 1 N–H and O–H groups in total. The van der Waals surface area contributed by atoms with Crippen molar-refractivity contribution in [2.75, 3.05) is 13.1 Å². The van der Waals surface area contributed by atoms with E-state index in [0.29, 0.717) is 29.4 Å². The molecular formula is C13H23BrN2O2S2. The van der Waals surface area contributed by atoms with Crippen LogP contribution in [0.2, 0.25) is 0 Å². The quantitative estimate of drug-likeness (QED) is 0.787. The van der Waals surface area contributed by atoms with E-state index < -0.39 is 10.0 Å². The van der Waals surface area contributed by atoms with Gasteiger partial charge in [-0.15, -0.1) is 11.3 Å². The molecule has 0 aliphatic heterocycles. The molecule has 116 valence electrons. The van der Waals surface area contributed by atoms with Crippen molar-refractivity contribution >= 4 is 37.3 Å². The van der Waals surface area contributed by atoms with Gasteiger partial charge in [-0.3, -0.25) is 4.90 Å². The molecule has 0 atom stereocenters. The van der Waals surface area contributed by atoms with Crippen molar-refractivity contribution in [2.45, 2.75) is 50.9 Å². The summed E-state index contributed by atoms with van der Waals surface area (Å²) in [5.41, 5.74) is 0.946. The van der Waals surface area contributed by atoms with Crippen LogP contribution in [-0.2, 0) is 10.0 Å². The van der Waals surface area contributed by atoms with Gasteiger partial charge >= 0.3 is 0 Å². The summed E-state index contributed by atoms with van der Waals surface area (Å²) < 4.78 is 28.3. The van der Waals surface area contributed by atoms with Crippen molar-refractivity contribution < 1.29 is 8.42 Å². The molecule has 0 spiro atoms. The molecule has 7 heteroatoms. The highest BCUT2D eigenvalue weighted by molar-refractivity contribution is 9.11. The predicted molar refractivity (Wildman–Crippen MR) is 88.9 cm³/mol. The predicted octanol–water partition coefficient (Wildman–Crippen LogP) is 3.22. The van der Waals surface area contributed by atoms with E-state index in [1.807, 2.05) is 6.92 Å². The van der Waals surface area contributed by atoms with Gasteiger partial charge in [0.15, 0.2) is 0 Å². The van der Waals surface area contributed by atoms with Gasteiger partial charge in [-0.25, -0.2) is 13.1 Å². The molecular weight excluding hydrogens is 360 g/mol. The van der Waals surface area contributed by atoms with Crippen LogP contribution in [0.3, 0.4) is 0 Å². The van der Waals surface area contributed by atoms with Crippen LogP contribution in [0, 0.1) is 6.92 Å². The van der Waals surface area contributed by atoms with Crippen molar-refractivity contribution in [3.8, 4) is 0 Å². The Morgan fingerprint density at radius 2 is 1.85 bits per heavy atom. The van der Waals surface area contributed by atoms with Crippen LogP contribution < -0.4 is 4.72 Å². The summed E-state index contributed by atoms with van der Waals surface area (Å²) in [6, 6.07) is 2.50. The Morgan fingerprint density at radius 1 is 1.30 bits per heavy atom. The lowest BCUT2D eigenvalue weighted by Crippen LogP contribution is -2.42. The summed E-state index contributed by atoms with van der Waals surface area (Å²) in [7, 11) is -3.40. The molecule has 0 aliphatic rings. The second-order valence-electron chi connectivity index (χ2n) is 5.35. The first-order chi connectivity index (χ1) is 9.15. The zero-order valence-electron chi connectivity index (χ0n) is 12.6. The second kappa shape index (κ2) is 7.35. The molecule has 1 aromatic heterocycles. The lowest BCUT2D eigenvalue weighted by molar-refractivity contribution is 0.179. The van der Waals surface area contributed by atoms with Crippen LogP contribution >= 0.6 is 27.3 Å². The first kappa shape index (κ1) is 18.1. The van der Waals surface area contributed by atoms with Crippen LogP contribution in [0.1, 0.15) is 33.3 Å². The van der Waals surface area contributed by atoms with Gasteiger partial charge in [0.05, 0.1) is 3.79 Å². The maximum absolute atomic E-state index is 12.2. The van der Waals surface area contributed by atoms with E-state index in [1.165, 1.54) is 11.3 Å². The smallest absolute Gasteiger partial charge is 0.250 e. The Morgan fingerprint density at radius 3 is 2.25 bits per heavy atom. The molecule has 1 heterocycles. The van der Waals surface area contributed by atoms with E-state index in [1.54, 1.807) is 6.07 Å². The molecule has 0 aliphatic carbocycles. The Bertz CT molecular complexity index is 511. The molecule has 0 amide bonds.